The maximum atomic E-state index is 12.6. The number of fused-ring (bicyclic) bond motifs is 1. The molecule has 1 aliphatic heterocycles. The fraction of sp³-hybridized carbons (Fsp3) is 0.211. The Labute approximate surface area is 145 Å². The first-order valence-electron chi connectivity index (χ1n) is 7.56. The summed E-state index contributed by atoms with van der Waals surface area (Å²) < 4.78 is 21.6. The molecule has 2 aromatic rings. The van der Waals surface area contributed by atoms with Crippen LogP contribution in [0.4, 0.5) is 0 Å². The Hall–Kier alpha value is -3.15. The van der Waals surface area contributed by atoms with Crippen molar-refractivity contribution in [2.75, 3.05) is 21.3 Å². The monoisotopic (exact) mass is 342 g/mol. The van der Waals surface area contributed by atoms with Crippen LogP contribution in [0.15, 0.2) is 30.0 Å². The molecule has 6 heteroatoms. The number of rotatable bonds is 4. The molecule has 0 radical (unpaired) electrons. The van der Waals surface area contributed by atoms with Crippen LogP contribution in [0, 0.1) is 6.92 Å². The molecule has 0 amide bonds. The van der Waals surface area contributed by atoms with Gasteiger partial charge in [0.05, 0.1) is 26.9 Å². The average molecular weight is 342 g/mol. The smallest absolute Gasteiger partial charge is 0.232 e. The molecule has 1 aliphatic rings. The molecule has 130 valence electrons. The van der Waals surface area contributed by atoms with Crippen LogP contribution in [0.25, 0.3) is 6.08 Å². The van der Waals surface area contributed by atoms with E-state index in [1.54, 1.807) is 25.1 Å². The molecule has 25 heavy (non-hydrogen) atoms. The third-order valence-corrected chi connectivity index (χ3v) is 3.98. The summed E-state index contributed by atoms with van der Waals surface area (Å²) in [6.45, 7) is 1.75. The Bertz CT molecular complexity index is 882. The molecule has 0 saturated heterocycles. The van der Waals surface area contributed by atoms with Crippen LogP contribution in [0.1, 0.15) is 21.5 Å². The van der Waals surface area contributed by atoms with Gasteiger partial charge in [0.25, 0.3) is 0 Å². The van der Waals surface area contributed by atoms with Gasteiger partial charge in [0.1, 0.15) is 17.2 Å². The van der Waals surface area contributed by atoms with Crippen LogP contribution in [0.3, 0.4) is 0 Å². The number of Topliss-reactive ketones (excluding diaryl/α,β-unsaturated/α-hetero) is 1. The van der Waals surface area contributed by atoms with Crippen LogP contribution in [0.2, 0.25) is 0 Å². The van der Waals surface area contributed by atoms with Gasteiger partial charge in [0.2, 0.25) is 5.78 Å². The lowest BCUT2D eigenvalue weighted by atomic mass is 10.0. The van der Waals surface area contributed by atoms with Gasteiger partial charge in [-0.05, 0) is 30.7 Å². The summed E-state index contributed by atoms with van der Waals surface area (Å²) in [5.41, 5.74) is 1.71. The SMILES string of the molecule is COc1cc(OC)c(OC)cc1/C=C1/Oc2cc(O)cc(C)c2C1=O. The number of phenolic OH excluding ortho intramolecular Hbond substituents is 1. The number of benzene rings is 2. The number of aryl methyl sites for hydroxylation is 1. The van der Waals surface area contributed by atoms with Crippen molar-refractivity contribution in [2.45, 2.75) is 6.92 Å². The minimum absolute atomic E-state index is 0.0500. The first-order valence-corrected chi connectivity index (χ1v) is 7.56. The predicted octanol–water partition coefficient (Wildman–Crippen LogP) is 3.34. The zero-order valence-electron chi connectivity index (χ0n) is 14.4. The summed E-state index contributed by atoms with van der Waals surface area (Å²) in [4.78, 5) is 12.6. The highest BCUT2D eigenvalue weighted by Gasteiger charge is 2.30. The van der Waals surface area contributed by atoms with Gasteiger partial charge in [0.15, 0.2) is 17.3 Å². The van der Waals surface area contributed by atoms with E-state index in [-0.39, 0.29) is 17.3 Å². The fourth-order valence-corrected chi connectivity index (χ4v) is 2.80. The van der Waals surface area contributed by atoms with Gasteiger partial charge in [-0.15, -0.1) is 0 Å². The lowest BCUT2D eigenvalue weighted by molar-refractivity contribution is 0.101. The molecule has 3 rings (SSSR count). The Balaban J connectivity index is 2.08. The van der Waals surface area contributed by atoms with E-state index in [2.05, 4.69) is 0 Å². The Morgan fingerprint density at radius 2 is 1.60 bits per heavy atom. The largest absolute Gasteiger partial charge is 0.508 e. The van der Waals surface area contributed by atoms with E-state index >= 15 is 0 Å². The topological polar surface area (TPSA) is 74.2 Å². The summed E-state index contributed by atoms with van der Waals surface area (Å²) in [5, 5.41) is 9.69. The number of hydrogen-bond donors (Lipinski definition) is 1. The van der Waals surface area contributed by atoms with Crippen molar-refractivity contribution >= 4 is 11.9 Å². The maximum absolute atomic E-state index is 12.6. The van der Waals surface area contributed by atoms with Crippen molar-refractivity contribution in [3.63, 3.8) is 0 Å². The molecular weight excluding hydrogens is 324 g/mol. The number of aromatic hydroxyl groups is 1. The minimum Gasteiger partial charge on any atom is -0.508 e. The zero-order chi connectivity index (χ0) is 18.1. The highest BCUT2D eigenvalue weighted by atomic mass is 16.5. The van der Waals surface area contributed by atoms with Gasteiger partial charge in [-0.1, -0.05) is 0 Å². The Kier molecular flexibility index (Phi) is 4.27. The van der Waals surface area contributed by atoms with Gasteiger partial charge in [0, 0.05) is 17.7 Å². The fourth-order valence-electron chi connectivity index (χ4n) is 2.80. The third-order valence-electron chi connectivity index (χ3n) is 3.98. The van der Waals surface area contributed by atoms with Gasteiger partial charge in [-0.2, -0.15) is 0 Å². The summed E-state index contributed by atoms with van der Waals surface area (Å²) in [6, 6.07) is 6.33. The second kappa shape index (κ2) is 6.39. The van der Waals surface area contributed by atoms with E-state index in [1.807, 2.05) is 0 Å². The van der Waals surface area contributed by atoms with Gasteiger partial charge >= 0.3 is 0 Å². The molecule has 1 heterocycles. The van der Waals surface area contributed by atoms with Crippen molar-refractivity contribution in [3.8, 4) is 28.7 Å². The van der Waals surface area contributed by atoms with Gasteiger partial charge in [-0.25, -0.2) is 0 Å². The normalized spacial score (nSPS) is 14.2. The molecule has 0 saturated carbocycles. The van der Waals surface area contributed by atoms with E-state index in [1.165, 1.54) is 33.5 Å². The number of allylic oxidation sites excluding steroid dienone is 1. The van der Waals surface area contributed by atoms with Gasteiger partial charge in [-0.3, -0.25) is 4.79 Å². The number of ether oxygens (including phenoxy) is 4. The first-order chi connectivity index (χ1) is 12.0. The van der Waals surface area contributed by atoms with E-state index in [9.17, 15) is 9.90 Å². The van der Waals surface area contributed by atoms with Gasteiger partial charge < -0.3 is 24.1 Å². The highest BCUT2D eigenvalue weighted by molar-refractivity contribution is 6.15. The van der Waals surface area contributed by atoms with Crippen LogP contribution < -0.4 is 18.9 Å². The standard InChI is InChI=1S/C19H18O6/c1-10-5-12(20)8-16-18(10)19(21)17(25-16)7-11-6-14(23-3)15(24-4)9-13(11)22-2/h5-9,20H,1-4H3/b17-7+. The molecular formula is C19H18O6. The van der Waals surface area contributed by atoms with Crippen LogP contribution >= 0.6 is 0 Å². The van der Waals surface area contributed by atoms with Crippen molar-refractivity contribution in [1.29, 1.82) is 0 Å². The summed E-state index contributed by atoms with van der Waals surface area (Å²) in [6.07, 6.45) is 1.58. The third kappa shape index (κ3) is 2.87. The van der Waals surface area contributed by atoms with Crippen LogP contribution in [-0.4, -0.2) is 32.2 Å². The number of ketones is 1. The number of methoxy groups -OCH3 is 3. The quantitative estimate of drug-likeness (QED) is 0.859. The lowest BCUT2D eigenvalue weighted by Crippen LogP contribution is -2.01. The summed E-state index contributed by atoms with van der Waals surface area (Å²) >= 11 is 0. The Morgan fingerprint density at radius 3 is 2.24 bits per heavy atom. The number of carbonyl (C=O) groups is 1. The molecule has 0 aromatic heterocycles. The molecule has 0 fully saturated rings. The van der Waals surface area contributed by atoms with E-state index < -0.39 is 0 Å². The van der Waals surface area contributed by atoms with Crippen LogP contribution in [0.5, 0.6) is 28.7 Å². The number of phenols is 1. The van der Waals surface area contributed by atoms with E-state index in [0.29, 0.717) is 39.7 Å². The molecule has 6 nitrogen and oxygen atoms in total. The lowest BCUT2D eigenvalue weighted by Gasteiger charge is -2.12. The molecule has 2 aromatic carbocycles. The van der Waals surface area contributed by atoms with E-state index in [4.69, 9.17) is 18.9 Å². The first kappa shape index (κ1) is 16.7. The summed E-state index contributed by atoms with van der Waals surface area (Å²) in [7, 11) is 4.59. The highest BCUT2D eigenvalue weighted by Crippen LogP contribution is 2.39. The molecule has 1 N–H and O–H groups in total. The molecule has 0 atom stereocenters. The minimum atomic E-state index is -0.246. The molecule has 0 bridgehead atoms. The maximum Gasteiger partial charge on any atom is 0.232 e. The molecule has 0 spiro atoms. The number of hydrogen-bond acceptors (Lipinski definition) is 6. The van der Waals surface area contributed by atoms with Crippen molar-refractivity contribution < 1.29 is 28.8 Å². The van der Waals surface area contributed by atoms with Crippen molar-refractivity contribution in [2.24, 2.45) is 0 Å². The average Bonchev–Trinajstić information content (AvgIpc) is 2.90. The zero-order valence-corrected chi connectivity index (χ0v) is 14.4. The number of carbonyl (C=O) groups excluding carboxylic acids is 1. The molecule has 0 unspecified atom stereocenters. The summed E-state index contributed by atoms with van der Waals surface area (Å²) in [5.74, 6) is 1.83. The second-order valence-corrected chi connectivity index (χ2v) is 5.52. The van der Waals surface area contributed by atoms with Crippen LogP contribution in [-0.2, 0) is 0 Å². The van der Waals surface area contributed by atoms with Crippen molar-refractivity contribution in [1.82, 2.24) is 0 Å². The Morgan fingerprint density at radius 1 is 0.960 bits per heavy atom. The predicted molar refractivity (Wildman–Crippen MR) is 91.9 cm³/mol. The van der Waals surface area contributed by atoms with Crippen molar-refractivity contribution in [3.05, 3.63) is 46.7 Å². The second-order valence-electron chi connectivity index (χ2n) is 5.52. The van der Waals surface area contributed by atoms with E-state index in [0.717, 1.165) is 0 Å². The molecule has 0 aliphatic carbocycles.